The summed E-state index contributed by atoms with van der Waals surface area (Å²) in [5.74, 6) is -0.870. The molecule has 92 valence electrons. The Hall–Kier alpha value is 0.347. The van der Waals surface area contributed by atoms with Crippen LogP contribution in [0.15, 0.2) is 0 Å². The molecule has 0 amide bonds. The minimum Gasteiger partial charge on any atom is -0.416 e. The molecule has 0 fully saturated rings. The molecule has 0 saturated carbocycles. The largest absolute Gasteiger partial charge is 0.416 e. The molecule has 0 bridgehead atoms. The van der Waals surface area contributed by atoms with Crippen LogP contribution in [0, 0.1) is 0 Å². The number of alkyl halides is 1. The topological polar surface area (TPSA) is 36.9 Å². The van der Waals surface area contributed by atoms with E-state index in [1.165, 1.54) is 0 Å². The molecule has 0 aromatic heterocycles. The van der Waals surface area contributed by atoms with Crippen molar-refractivity contribution < 1.29 is 18.6 Å². The van der Waals surface area contributed by atoms with E-state index in [0.29, 0.717) is 30.3 Å². The van der Waals surface area contributed by atoms with Crippen LogP contribution < -0.4 is 0 Å². The quantitative estimate of drug-likeness (QED) is 0.345. The molecule has 0 aliphatic rings. The molecule has 6 heteroatoms. The lowest BCUT2D eigenvalue weighted by atomic mass is 10.3. The highest BCUT2D eigenvalue weighted by atomic mass is 35.5. The fourth-order valence-electron chi connectivity index (χ4n) is 1.31. The first-order valence-electron chi connectivity index (χ1n) is 5.21. The molecule has 0 saturated heterocycles. The Morgan fingerprint density at radius 1 is 1.07 bits per heavy atom. The Labute approximate surface area is 99.7 Å². The second-order valence-electron chi connectivity index (χ2n) is 2.78. The molecule has 0 aromatic carbocycles. The summed E-state index contributed by atoms with van der Waals surface area (Å²) in [6.45, 7) is 7.09. The molecule has 0 rings (SSSR count). The van der Waals surface area contributed by atoms with Gasteiger partial charge in [0.1, 0.15) is 16.6 Å². The highest BCUT2D eigenvalue weighted by molar-refractivity contribution is 6.18. The Balaban J connectivity index is 4.71. The maximum Gasteiger partial charge on any atom is 0.310 e. The van der Waals surface area contributed by atoms with Gasteiger partial charge in [-0.15, -0.1) is 11.6 Å². The lowest BCUT2D eigenvalue weighted by Gasteiger charge is -2.37. The number of hydrogen-bond donors (Lipinski definition) is 0. The molecule has 1 atom stereocenters. The van der Waals surface area contributed by atoms with Gasteiger partial charge >= 0.3 is 5.97 Å². The van der Waals surface area contributed by atoms with Crippen LogP contribution in [0.3, 0.4) is 0 Å². The van der Waals surface area contributed by atoms with Crippen LogP contribution in [-0.4, -0.2) is 48.3 Å². The molecule has 15 heavy (non-hydrogen) atoms. The zero-order valence-corrected chi connectivity index (χ0v) is 12.7. The molecular weight excluding hydrogens is 236 g/mol. The Kier molecular flexibility index (Phi) is 8.69. The molecule has 0 aliphatic carbocycles. The summed E-state index contributed by atoms with van der Waals surface area (Å²) < 4.78 is 21.9. The van der Waals surface area contributed by atoms with Crippen LogP contribution in [0.4, 0.5) is 0 Å². The van der Waals surface area contributed by atoms with E-state index in [-0.39, 0.29) is 12.0 Å². The predicted molar refractivity (Wildman–Crippen MR) is 63.1 cm³/mol. The summed E-state index contributed by atoms with van der Waals surface area (Å²) in [7, 11) is 0.560. The number of hydrogen-bond acceptors (Lipinski definition) is 4. The van der Waals surface area contributed by atoms with Gasteiger partial charge in [-0.2, -0.15) is 0 Å². The van der Waals surface area contributed by atoms with Gasteiger partial charge in [0.2, 0.25) is 0 Å². The van der Waals surface area contributed by atoms with Gasteiger partial charge in [-0.3, -0.25) is 0 Å². The van der Waals surface area contributed by atoms with E-state index in [4.69, 9.17) is 30.2 Å². The van der Waals surface area contributed by atoms with Gasteiger partial charge in [-0.1, -0.05) is 0 Å². The summed E-state index contributed by atoms with van der Waals surface area (Å²) in [6, 6.07) is 0. The van der Waals surface area contributed by atoms with E-state index < -0.39 is 5.97 Å². The van der Waals surface area contributed by atoms with E-state index in [0.717, 1.165) is 0 Å². The second kappa shape index (κ2) is 8.49. The third-order valence-corrected chi connectivity index (χ3v) is 2.70. The van der Waals surface area contributed by atoms with Crippen molar-refractivity contribution in [2.75, 3.05) is 25.7 Å². The van der Waals surface area contributed by atoms with E-state index in [1.807, 2.05) is 20.8 Å². The number of ether oxygens (including phenoxy) is 3. The summed E-state index contributed by atoms with van der Waals surface area (Å²) in [4.78, 5) is 0. The first kappa shape index (κ1) is 15.3. The molecule has 0 N–H and O–H groups in total. The molecule has 0 aliphatic heterocycles. The first-order valence-corrected chi connectivity index (χ1v) is 6.56. The van der Waals surface area contributed by atoms with Crippen molar-refractivity contribution in [3.05, 3.63) is 0 Å². The first-order chi connectivity index (χ1) is 7.20. The average molecular weight is 257 g/mol. The van der Waals surface area contributed by atoms with Crippen LogP contribution in [0.5, 0.6) is 0 Å². The van der Waals surface area contributed by atoms with Crippen LogP contribution in [0.25, 0.3) is 0 Å². The molecule has 0 spiro atoms. The van der Waals surface area contributed by atoms with Gasteiger partial charge in [0.25, 0.3) is 0 Å². The minimum absolute atomic E-state index is 0.281. The summed E-state index contributed by atoms with van der Waals surface area (Å²) in [5.41, 5.74) is 0. The maximum atomic E-state index is 5.82. The highest BCUT2D eigenvalue weighted by Gasteiger charge is 2.41. The third kappa shape index (κ3) is 4.38. The van der Waals surface area contributed by atoms with Crippen molar-refractivity contribution in [3.63, 3.8) is 0 Å². The molecule has 0 heterocycles. The number of halogens is 1. The van der Waals surface area contributed by atoms with E-state index >= 15 is 0 Å². The fourth-order valence-corrected chi connectivity index (χ4v) is 2.29. The normalized spacial score (nSPS) is 14.4. The van der Waals surface area contributed by atoms with Gasteiger partial charge < -0.3 is 18.6 Å². The predicted octanol–water partition coefficient (Wildman–Crippen LogP) is 0.654. The molecule has 0 radical (unpaired) electrons. The van der Waals surface area contributed by atoms with Crippen molar-refractivity contribution in [1.29, 1.82) is 0 Å². The fraction of sp³-hybridized carbons (Fsp3) is 1.00. The van der Waals surface area contributed by atoms with E-state index in [9.17, 15) is 0 Å². The zero-order valence-electron chi connectivity index (χ0n) is 9.92. The second-order valence-corrected chi connectivity index (χ2v) is 3.56. The highest BCUT2D eigenvalue weighted by Crippen LogP contribution is 2.23. The SMILES string of the molecule is CCOC(OCC)(OCC)C(CCl)O[SiH3]. The minimum atomic E-state index is -1.15. The van der Waals surface area contributed by atoms with Crippen molar-refractivity contribution in [1.82, 2.24) is 0 Å². The lowest BCUT2D eigenvalue weighted by molar-refractivity contribution is -0.403. The number of rotatable bonds is 9. The Morgan fingerprint density at radius 2 is 1.47 bits per heavy atom. The smallest absolute Gasteiger partial charge is 0.310 e. The van der Waals surface area contributed by atoms with Crippen molar-refractivity contribution >= 4 is 22.1 Å². The molecular formula is C9H21ClO4Si. The van der Waals surface area contributed by atoms with Gasteiger partial charge in [0.15, 0.2) is 0 Å². The summed E-state index contributed by atoms with van der Waals surface area (Å²) in [5, 5.41) is 0. The van der Waals surface area contributed by atoms with Gasteiger partial charge in [-0.05, 0) is 20.8 Å². The van der Waals surface area contributed by atoms with Crippen LogP contribution in [-0.2, 0) is 18.6 Å². The Morgan fingerprint density at radius 3 is 1.67 bits per heavy atom. The zero-order chi connectivity index (χ0) is 11.7. The van der Waals surface area contributed by atoms with Crippen molar-refractivity contribution in [3.8, 4) is 0 Å². The van der Waals surface area contributed by atoms with Gasteiger partial charge in [0.05, 0.1) is 5.88 Å². The molecule has 1 unspecified atom stereocenters. The molecule has 4 nitrogen and oxygen atoms in total. The van der Waals surface area contributed by atoms with Crippen molar-refractivity contribution in [2.45, 2.75) is 32.8 Å². The maximum absolute atomic E-state index is 5.82. The van der Waals surface area contributed by atoms with E-state index in [1.54, 1.807) is 0 Å². The standard InChI is InChI=1S/C9H21ClO4Si/c1-4-11-9(12-5-2,13-6-3)8(7-10)14-15/h8H,4-7H2,1-3,15H3. The molecule has 0 aromatic rings. The third-order valence-electron chi connectivity index (χ3n) is 1.86. The van der Waals surface area contributed by atoms with Crippen LogP contribution in [0.1, 0.15) is 20.8 Å². The Bertz CT molecular complexity index is 138. The van der Waals surface area contributed by atoms with E-state index in [2.05, 4.69) is 0 Å². The summed E-state index contributed by atoms with van der Waals surface area (Å²) in [6.07, 6.45) is -0.384. The van der Waals surface area contributed by atoms with Gasteiger partial charge in [0, 0.05) is 19.8 Å². The monoisotopic (exact) mass is 256 g/mol. The average Bonchev–Trinajstić information content (AvgIpc) is 2.20. The van der Waals surface area contributed by atoms with Crippen LogP contribution in [0.2, 0.25) is 0 Å². The van der Waals surface area contributed by atoms with Gasteiger partial charge in [-0.25, -0.2) is 0 Å². The van der Waals surface area contributed by atoms with Crippen LogP contribution >= 0.6 is 11.6 Å². The lowest BCUT2D eigenvalue weighted by Crippen LogP contribution is -2.52. The summed E-state index contributed by atoms with van der Waals surface area (Å²) >= 11 is 5.82. The van der Waals surface area contributed by atoms with Crippen molar-refractivity contribution in [2.24, 2.45) is 0 Å².